The fourth-order valence-corrected chi connectivity index (χ4v) is 3.36. The van der Waals surface area contributed by atoms with Crippen molar-refractivity contribution in [3.8, 4) is 0 Å². The number of nitrogens with zero attached hydrogens (tertiary/aromatic N) is 1. The second kappa shape index (κ2) is 7.63. The molecule has 1 unspecified atom stereocenters. The van der Waals surface area contributed by atoms with Gasteiger partial charge in [0.05, 0.1) is 6.04 Å². The van der Waals surface area contributed by atoms with E-state index in [0.717, 1.165) is 29.3 Å². The lowest BCUT2D eigenvalue weighted by atomic mass is 9.83. The predicted molar refractivity (Wildman–Crippen MR) is 90.4 cm³/mol. The van der Waals surface area contributed by atoms with Crippen molar-refractivity contribution in [2.45, 2.75) is 38.1 Å². The van der Waals surface area contributed by atoms with Crippen LogP contribution in [0, 0.1) is 9.49 Å². The molecule has 2 rings (SSSR count). The van der Waals surface area contributed by atoms with Crippen LogP contribution in [0.3, 0.4) is 0 Å². The largest absolute Gasteiger partial charge is 0.409 e. The number of amidine groups is 1. The van der Waals surface area contributed by atoms with Gasteiger partial charge < -0.3 is 16.3 Å². The normalized spacial score (nSPS) is 18.2. The number of hydrogen-bond donors (Lipinski definition) is 3. The van der Waals surface area contributed by atoms with Crippen LogP contribution in [-0.4, -0.2) is 23.0 Å². The maximum Gasteiger partial charge on any atom is 0.251 e. The number of rotatable bonds is 4. The average Bonchev–Trinajstić information content (AvgIpc) is 2.52. The second-order valence-electron chi connectivity index (χ2n) is 5.38. The summed E-state index contributed by atoms with van der Waals surface area (Å²) in [6.45, 7) is 0. The summed E-state index contributed by atoms with van der Waals surface area (Å²) in [5.74, 6) is 0.137. The molecule has 114 valence electrons. The van der Waals surface area contributed by atoms with Crippen LogP contribution in [0.15, 0.2) is 29.4 Å². The molecule has 5 nitrogen and oxygen atoms in total. The molecule has 1 aliphatic rings. The zero-order chi connectivity index (χ0) is 15.2. The molecule has 1 amide bonds. The molecule has 0 spiro atoms. The lowest BCUT2D eigenvalue weighted by Gasteiger charge is -2.30. The summed E-state index contributed by atoms with van der Waals surface area (Å²) in [4.78, 5) is 12.4. The van der Waals surface area contributed by atoms with Crippen LogP contribution in [-0.2, 0) is 0 Å². The van der Waals surface area contributed by atoms with Crippen LogP contribution in [0.5, 0.6) is 0 Å². The molecule has 0 aliphatic heterocycles. The van der Waals surface area contributed by atoms with Crippen molar-refractivity contribution in [2.75, 3.05) is 0 Å². The van der Waals surface area contributed by atoms with E-state index >= 15 is 0 Å². The molecule has 0 radical (unpaired) electrons. The summed E-state index contributed by atoms with van der Waals surface area (Å²) < 4.78 is 0.998. The zero-order valence-electron chi connectivity index (χ0n) is 11.8. The molecule has 1 aromatic carbocycles. The predicted octanol–water partition coefficient (Wildman–Crippen LogP) is 2.72. The summed E-state index contributed by atoms with van der Waals surface area (Å²) >= 11 is 2.17. The third kappa shape index (κ3) is 4.33. The smallest absolute Gasteiger partial charge is 0.251 e. The van der Waals surface area contributed by atoms with Crippen molar-refractivity contribution >= 4 is 34.3 Å². The van der Waals surface area contributed by atoms with Gasteiger partial charge in [0.1, 0.15) is 0 Å². The van der Waals surface area contributed by atoms with E-state index in [1.807, 2.05) is 18.2 Å². The van der Waals surface area contributed by atoms with E-state index in [9.17, 15) is 4.79 Å². The third-order valence-electron chi connectivity index (χ3n) is 3.93. The number of hydrogen-bond acceptors (Lipinski definition) is 3. The Morgan fingerprint density at radius 1 is 1.38 bits per heavy atom. The summed E-state index contributed by atoms with van der Waals surface area (Å²) in [5.41, 5.74) is 6.38. The molecule has 0 heterocycles. The second-order valence-corrected chi connectivity index (χ2v) is 6.63. The number of halogens is 1. The Morgan fingerprint density at radius 2 is 2.10 bits per heavy atom. The van der Waals surface area contributed by atoms with Gasteiger partial charge in [-0.3, -0.25) is 4.79 Å². The average molecular weight is 401 g/mol. The molecule has 4 N–H and O–H groups in total. The van der Waals surface area contributed by atoms with Gasteiger partial charge in [0.15, 0.2) is 5.84 Å². The van der Waals surface area contributed by atoms with Crippen LogP contribution in [0.2, 0.25) is 0 Å². The highest BCUT2D eigenvalue weighted by atomic mass is 127. The van der Waals surface area contributed by atoms with E-state index in [0.29, 0.717) is 5.56 Å². The highest BCUT2D eigenvalue weighted by molar-refractivity contribution is 14.1. The first-order valence-electron chi connectivity index (χ1n) is 7.15. The maximum atomic E-state index is 12.4. The first-order valence-corrected chi connectivity index (χ1v) is 8.23. The van der Waals surface area contributed by atoms with Crippen molar-refractivity contribution in [3.05, 3.63) is 33.4 Å². The number of nitrogens with one attached hydrogen (secondary N) is 1. The molecular weight excluding hydrogens is 381 g/mol. The minimum absolute atomic E-state index is 0.0841. The summed E-state index contributed by atoms with van der Waals surface area (Å²) in [6.07, 6.45) is 5.45. The van der Waals surface area contributed by atoms with E-state index < -0.39 is 6.04 Å². The van der Waals surface area contributed by atoms with Gasteiger partial charge >= 0.3 is 0 Å². The molecule has 1 saturated carbocycles. The molecule has 1 fully saturated rings. The number of carbonyl (C=O) groups excluding carboxylic acids is 1. The maximum absolute atomic E-state index is 12.4. The van der Waals surface area contributed by atoms with Gasteiger partial charge in [0.2, 0.25) is 0 Å². The molecular formula is C15H20IN3O2. The fourth-order valence-electron chi connectivity index (χ4n) is 2.82. The highest BCUT2D eigenvalue weighted by Gasteiger charge is 2.28. The Kier molecular flexibility index (Phi) is 5.84. The molecule has 1 aromatic rings. The first kappa shape index (κ1) is 16.1. The van der Waals surface area contributed by atoms with Crippen molar-refractivity contribution < 1.29 is 10.0 Å². The molecule has 6 heteroatoms. The van der Waals surface area contributed by atoms with Crippen LogP contribution >= 0.6 is 22.6 Å². The third-order valence-corrected chi connectivity index (χ3v) is 4.60. The summed E-state index contributed by atoms with van der Waals surface area (Å²) in [5, 5.41) is 15.0. The number of nitrogens with two attached hydrogens (primary N) is 1. The van der Waals surface area contributed by atoms with E-state index in [2.05, 4.69) is 33.1 Å². The van der Waals surface area contributed by atoms with Gasteiger partial charge in [-0.15, -0.1) is 0 Å². The fraction of sp³-hybridized carbons (Fsp3) is 0.467. The zero-order valence-corrected chi connectivity index (χ0v) is 13.9. The SMILES string of the molecule is N/C(=N\O)C(NC(=O)c1cccc(I)c1)C1CCCCC1. The Balaban J connectivity index is 2.12. The van der Waals surface area contributed by atoms with Gasteiger partial charge in [-0.1, -0.05) is 30.5 Å². The van der Waals surface area contributed by atoms with Gasteiger partial charge in [-0.25, -0.2) is 0 Å². The van der Waals surface area contributed by atoms with Crippen molar-refractivity contribution in [1.82, 2.24) is 5.32 Å². The highest BCUT2D eigenvalue weighted by Crippen LogP contribution is 2.27. The number of oxime groups is 1. The van der Waals surface area contributed by atoms with Crippen LogP contribution in [0.1, 0.15) is 42.5 Å². The Bertz CT molecular complexity index is 527. The van der Waals surface area contributed by atoms with Gasteiger partial charge in [0.25, 0.3) is 5.91 Å². The summed E-state index contributed by atoms with van der Waals surface area (Å²) in [6, 6.07) is 6.96. The minimum Gasteiger partial charge on any atom is -0.409 e. The van der Waals surface area contributed by atoms with Crippen molar-refractivity contribution in [3.63, 3.8) is 0 Å². The molecule has 1 atom stereocenters. The van der Waals surface area contributed by atoms with E-state index in [-0.39, 0.29) is 17.7 Å². The first-order chi connectivity index (χ1) is 10.1. The van der Waals surface area contributed by atoms with Gasteiger partial charge in [-0.2, -0.15) is 0 Å². The molecule has 1 aliphatic carbocycles. The summed E-state index contributed by atoms with van der Waals surface area (Å²) in [7, 11) is 0. The number of benzene rings is 1. The van der Waals surface area contributed by atoms with Crippen molar-refractivity contribution in [2.24, 2.45) is 16.8 Å². The lowest BCUT2D eigenvalue weighted by Crippen LogP contribution is -2.49. The van der Waals surface area contributed by atoms with E-state index in [1.54, 1.807) is 6.07 Å². The minimum atomic E-state index is -0.402. The number of amides is 1. The quantitative estimate of drug-likeness (QED) is 0.238. The monoisotopic (exact) mass is 401 g/mol. The van der Waals surface area contributed by atoms with Crippen molar-refractivity contribution in [1.29, 1.82) is 0 Å². The van der Waals surface area contributed by atoms with E-state index in [1.165, 1.54) is 6.42 Å². The van der Waals surface area contributed by atoms with E-state index in [4.69, 9.17) is 10.9 Å². The van der Waals surface area contributed by atoms with Crippen LogP contribution < -0.4 is 11.1 Å². The van der Waals surface area contributed by atoms with Gasteiger partial charge in [0, 0.05) is 9.13 Å². The lowest BCUT2D eigenvalue weighted by molar-refractivity contribution is 0.0930. The van der Waals surface area contributed by atoms with Crippen LogP contribution in [0.4, 0.5) is 0 Å². The van der Waals surface area contributed by atoms with Crippen LogP contribution in [0.25, 0.3) is 0 Å². The molecule has 0 aromatic heterocycles. The Labute approximate surface area is 138 Å². The molecule has 0 saturated heterocycles. The standard InChI is InChI=1S/C15H20IN3O2/c16-12-8-4-7-11(9-12)15(20)18-13(14(17)19-21)10-5-2-1-3-6-10/h4,7-10,13,21H,1-3,5-6H2,(H2,17,19)(H,18,20). The molecule has 21 heavy (non-hydrogen) atoms. The Morgan fingerprint density at radius 3 is 2.71 bits per heavy atom. The topological polar surface area (TPSA) is 87.7 Å². The number of carbonyl (C=O) groups is 1. The Hall–Kier alpha value is -1.31. The molecule has 0 bridgehead atoms. The van der Waals surface area contributed by atoms with Gasteiger partial charge in [-0.05, 0) is 59.5 Å².